The first-order valence-corrected chi connectivity index (χ1v) is 4.91. The maximum atomic E-state index is 9.43. The van der Waals surface area contributed by atoms with E-state index in [0.717, 1.165) is 17.9 Å². The van der Waals surface area contributed by atoms with Crippen molar-refractivity contribution in [3.05, 3.63) is 12.7 Å². The average molecular weight is 174 g/mol. The monoisotopic (exact) mass is 174 g/mol. The summed E-state index contributed by atoms with van der Waals surface area (Å²) in [6, 6.07) is 0. The molecule has 3 heteroatoms. The molecule has 1 fully saturated rings. The van der Waals surface area contributed by atoms with Gasteiger partial charge in [0.25, 0.3) is 0 Å². The van der Waals surface area contributed by atoms with Gasteiger partial charge in [0.1, 0.15) is 0 Å². The summed E-state index contributed by atoms with van der Waals surface area (Å²) in [6.07, 6.45) is 2.66. The Morgan fingerprint density at radius 3 is 3.00 bits per heavy atom. The van der Waals surface area contributed by atoms with Crippen LogP contribution in [0.1, 0.15) is 13.3 Å². The van der Waals surface area contributed by atoms with E-state index in [4.69, 9.17) is 4.74 Å². The van der Waals surface area contributed by atoms with E-state index in [1.807, 2.05) is 11.8 Å². The van der Waals surface area contributed by atoms with Gasteiger partial charge in [-0.2, -0.15) is 11.8 Å². The zero-order valence-corrected chi connectivity index (χ0v) is 7.56. The summed E-state index contributed by atoms with van der Waals surface area (Å²) in [5.74, 6) is 0.984. The van der Waals surface area contributed by atoms with Crippen molar-refractivity contribution in [1.82, 2.24) is 0 Å². The van der Waals surface area contributed by atoms with Crippen LogP contribution in [0.4, 0.5) is 0 Å². The molecule has 11 heavy (non-hydrogen) atoms. The number of ether oxygens (including phenoxy) is 1. The normalized spacial score (nSPS) is 29.8. The molecule has 1 aliphatic rings. The van der Waals surface area contributed by atoms with Crippen molar-refractivity contribution < 1.29 is 9.84 Å². The first-order valence-electron chi connectivity index (χ1n) is 3.75. The molecular formula is C8H14O2S. The van der Waals surface area contributed by atoms with Gasteiger partial charge < -0.3 is 9.84 Å². The molecule has 0 aromatic carbocycles. The Hall–Kier alpha value is 0.0100. The molecule has 1 rings (SSSR count). The second kappa shape index (κ2) is 3.61. The van der Waals surface area contributed by atoms with Crippen LogP contribution >= 0.6 is 11.8 Å². The van der Waals surface area contributed by atoms with E-state index >= 15 is 0 Å². The molecule has 0 aliphatic carbocycles. The highest BCUT2D eigenvalue weighted by Gasteiger charge is 2.24. The van der Waals surface area contributed by atoms with E-state index in [0.29, 0.717) is 0 Å². The van der Waals surface area contributed by atoms with E-state index in [9.17, 15) is 5.11 Å². The molecule has 0 saturated carbocycles. The standard InChI is InChI=1S/C8H14O2S/c1-3-8(2,9)10-7-4-5-11-6-7/h3,7,9H,1,4-6H2,2H3/t7-,8-/m0/s1. The molecule has 0 spiro atoms. The van der Waals surface area contributed by atoms with E-state index in [-0.39, 0.29) is 6.10 Å². The largest absolute Gasteiger partial charge is 0.362 e. The summed E-state index contributed by atoms with van der Waals surface area (Å²) in [5, 5.41) is 9.43. The van der Waals surface area contributed by atoms with Crippen LogP contribution in [0, 0.1) is 0 Å². The van der Waals surface area contributed by atoms with Gasteiger partial charge >= 0.3 is 0 Å². The third-order valence-electron chi connectivity index (χ3n) is 1.67. The minimum Gasteiger partial charge on any atom is -0.362 e. The van der Waals surface area contributed by atoms with Gasteiger partial charge in [-0.3, -0.25) is 0 Å². The highest BCUT2D eigenvalue weighted by molar-refractivity contribution is 7.99. The highest BCUT2D eigenvalue weighted by atomic mass is 32.2. The van der Waals surface area contributed by atoms with Gasteiger partial charge in [-0.25, -0.2) is 0 Å². The van der Waals surface area contributed by atoms with E-state index in [1.165, 1.54) is 6.08 Å². The lowest BCUT2D eigenvalue weighted by Crippen LogP contribution is -2.31. The topological polar surface area (TPSA) is 29.5 Å². The van der Waals surface area contributed by atoms with Gasteiger partial charge in [-0.15, -0.1) is 0 Å². The lowest BCUT2D eigenvalue weighted by molar-refractivity contribution is -0.177. The van der Waals surface area contributed by atoms with Gasteiger partial charge in [-0.1, -0.05) is 6.58 Å². The van der Waals surface area contributed by atoms with Crippen molar-refractivity contribution in [3.63, 3.8) is 0 Å². The maximum absolute atomic E-state index is 9.43. The zero-order chi connectivity index (χ0) is 8.32. The number of aliphatic hydroxyl groups is 1. The summed E-state index contributed by atoms with van der Waals surface area (Å²) in [5.41, 5.74) is 0. The molecule has 0 amide bonds. The molecule has 0 aromatic heterocycles. The summed E-state index contributed by atoms with van der Waals surface area (Å²) < 4.78 is 5.36. The number of rotatable bonds is 3. The first kappa shape index (κ1) is 9.10. The predicted molar refractivity (Wildman–Crippen MR) is 47.6 cm³/mol. The Balaban J connectivity index is 2.33. The molecule has 2 nitrogen and oxygen atoms in total. The Labute approximate surface area is 71.6 Å². The van der Waals surface area contributed by atoms with E-state index in [2.05, 4.69) is 6.58 Å². The van der Waals surface area contributed by atoms with Crippen molar-refractivity contribution in [2.24, 2.45) is 0 Å². The van der Waals surface area contributed by atoms with Gasteiger partial charge in [0, 0.05) is 5.75 Å². The molecule has 0 aromatic rings. The van der Waals surface area contributed by atoms with Crippen LogP contribution in [0.25, 0.3) is 0 Å². The number of hydrogen-bond acceptors (Lipinski definition) is 3. The third-order valence-corrected chi connectivity index (χ3v) is 2.80. The van der Waals surface area contributed by atoms with Gasteiger partial charge in [0.2, 0.25) is 0 Å². The quantitative estimate of drug-likeness (QED) is 0.518. The highest BCUT2D eigenvalue weighted by Crippen LogP contribution is 2.23. The molecule has 1 saturated heterocycles. The summed E-state index contributed by atoms with van der Waals surface area (Å²) in [6.45, 7) is 5.11. The molecule has 0 bridgehead atoms. The number of thioether (sulfide) groups is 1. The average Bonchev–Trinajstić information content (AvgIpc) is 2.39. The van der Waals surface area contributed by atoms with Crippen molar-refractivity contribution in [1.29, 1.82) is 0 Å². The molecule has 1 aliphatic heterocycles. The SMILES string of the molecule is C=C[C@@](C)(O)O[C@H]1CCSC1. The van der Waals surface area contributed by atoms with Crippen molar-refractivity contribution in [2.45, 2.75) is 25.2 Å². The summed E-state index contributed by atoms with van der Waals surface area (Å²) >= 11 is 1.86. The Morgan fingerprint density at radius 1 is 1.82 bits per heavy atom. The fourth-order valence-corrected chi connectivity index (χ4v) is 2.09. The minimum absolute atomic E-state index is 0.202. The Morgan fingerprint density at radius 2 is 2.55 bits per heavy atom. The zero-order valence-electron chi connectivity index (χ0n) is 6.75. The second-order valence-electron chi connectivity index (χ2n) is 2.86. The maximum Gasteiger partial charge on any atom is 0.182 e. The van der Waals surface area contributed by atoms with Gasteiger partial charge in [0.05, 0.1) is 6.10 Å². The summed E-state index contributed by atoms with van der Waals surface area (Å²) in [7, 11) is 0. The van der Waals surface area contributed by atoms with Crippen LogP contribution in [0.3, 0.4) is 0 Å². The summed E-state index contributed by atoms with van der Waals surface area (Å²) in [4.78, 5) is 0. The second-order valence-corrected chi connectivity index (χ2v) is 4.01. The van der Waals surface area contributed by atoms with Crippen molar-refractivity contribution in [3.8, 4) is 0 Å². The molecule has 1 heterocycles. The molecule has 1 N–H and O–H groups in total. The molecule has 2 atom stereocenters. The lowest BCUT2D eigenvalue weighted by atomic mass is 10.3. The van der Waals surface area contributed by atoms with Crippen LogP contribution in [-0.4, -0.2) is 28.5 Å². The van der Waals surface area contributed by atoms with Crippen LogP contribution in [0.5, 0.6) is 0 Å². The van der Waals surface area contributed by atoms with Crippen molar-refractivity contribution in [2.75, 3.05) is 11.5 Å². The van der Waals surface area contributed by atoms with Crippen LogP contribution in [-0.2, 0) is 4.74 Å². The minimum atomic E-state index is -1.14. The van der Waals surface area contributed by atoms with Crippen LogP contribution in [0.2, 0.25) is 0 Å². The third kappa shape index (κ3) is 2.85. The Kier molecular flexibility index (Phi) is 2.98. The molecule has 64 valence electrons. The smallest absolute Gasteiger partial charge is 0.182 e. The van der Waals surface area contributed by atoms with E-state index < -0.39 is 5.79 Å². The van der Waals surface area contributed by atoms with Crippen molar-refractivity contribution >= 4 is 11.8 Å². The molecule has 0 unspecified atom stereocenters. The fourth-order valence-electron chi connectivity index (χ4n) is 0.991. The Bertz CT molecular complexity index is 139. The van der Waals surface area contributed by atoms with Gasteiger partial charge in [-0.05, 0) is 25.2 Å². The number of hydrogen-bond donors (Lipinski definition) is 1. The molecular weight excluding hydrogens is 160 g/mol. The predicted octanol–water partition coefficient (Wildman–Crippen LogP) is 1.40. The van der Waals surface area contributed by atoms with Crippen LogP contribution < -0.4 is 0 Å². The molecule has 0 radical (unpaired) electrons. The lowest BCUT2D eigenvalue weighted by Gasteiger charge is -2.23. The van der Waals surface area contributed by atoms with E-state index in [1.54, 1.807) is 6.92 Å². The fraction of sp³-hybridized carbons (Fsp3) is 0.750. The van der Waals surface area contributed by atoms with Crippen LogP contribution in [0.15, 0.2) is 12.7 Å². The van der Waals surface area contributed by atoms with Gasteiger partial charge in [0.15, 0.2) is 5.79 Å². The first-order chi connectivity index (χ1) is 5.14.